The van der Waals surface area contributed by atoms with E-state index >= 15 is 0 Å². The van der Waals surface area contributed by atoms with Crippen LogP contribution in [0.3, 0.4) is 0 Å². The van der Waals surface area contributed by atoms with Crippen LogP contribution in [0, 0.1) is 11.8 Å². The highest BCUT2D eigenvalue weighted by Gasteiger charge is 2.23. The van der Waals surface area contributed by atoms with Crippen molar-refractivity contribution in [1.82, 2.24) is 10.6 Å². The molecule has 4 nitrogen and oxygen atoms in total. The minimum Gasteiger partial charge on any atom is -0.444 e. The molecule has 1 rings (SSSR count). The Morgan fingerprint density at radius 2 is 1.81 bits per heavy atom. The molecule has 1 saturated carbocycles. The lowest BCUT2D eigenvalue weighted by Crippen LogP contribution is -2.36. The fourth-order valence-electron chi connectivity index (χ4n) is 2.59. The molecule has 4 heteroatoms. The Labute approximate surface area is 129 Å². The predicted octanol–water partition coefficient (Wildman–Crippen LogP) is 3.48. The number of alkyl carbamates (subject to hydrolysis) is 1. The fourth-order valence-corrected chi connectivity index (χ4v) is 2.59. The highest BCUT2D eigenvalue weighted by Crippen LogP contribution is 2.29. The number of carbonyl (C=O) groups excluding carboxylic acids is 1. The molecule has 1 amide bonds. The Morgan fingerprint density at radius 3 is 2.43 bits per heavy atom. The van der Waals surface area contributed by atoms with Gasteiger partial charge in [0.05, 0.1) is 0 Å². The van der Waals surface area contributed by atoms with Crippen molar-refractivity contribution < 1.29 is 9.53 Å². The zero-order valence-electron chi connectivity index (χ0n) is 14.2. The summed E-state index contributed by atoms with van der Waals surface area (Å²) in [6, 6.07) is 0.639. The largest absolute Gasteiger partial charge is 0.444 e. The Balaban J connectivity index is 2.09. The van der Waals surface area contributed by atoms with Gasteiger partial charge in [0.2, 0.25) is 0 Å². The molecule has 0 bridgehead atoms. The smallest absolute Gasteiger partial charge is 0.407 e. The maximum Gasteiger partial charge on any atom is 0.407 e. The quantitative estimate of drug-likeness (QED) is 0.764. The van der Waals surface area contributed by atoms with E-state index in [0.29, 0.717) is 12.6 Å². The van der Waals surface area contributed by atoms with Crippen LogP contribution in [0.1, 0.15) is 53.9 Å². The van der Waals surface area contributed by atoms with Crippen LogP contribution in [0.4, 0.5) is 4.79 Å². The Morgan fingerprint density at radius 1 is 1.14 bits per heavy atom. The molecule has 1 aliphatic rings. The van der Waals surface area contributed by atoms with Crippen molar-refractivity contribution in [2.75, 3.05) is 13.1 Å². The SMILES string of the molecule is CC1CCC(NC/C=C/CNC(=O)OC(C)(C)C)CC1C. The number of ether oxygens (including phenoxy) is 1. The van der Waals surface area contributed by atoms with Crippen molar-refractivity contribution in [3.05, 3.63) is 12.2 Å². The monoisotopic (exact) mass is 296 g/mol. The molecule has 0 heterocycles. The second-order valence-corrected chi connectivity index (χ2v) is 7.23. The normalized spacial score (nSPS) is 26.8. The molecule has 1 fully saturated rings. The number of amides is 1. The third-order valence-corrected chi connectivity index (χ3v) is 4.05. The van der Waals surface area contributed by atoms with Crippen LogP contribution in [-0.4, -0.2) is 30.8 Å². The van der Waals surface area contributed by atoms with E-state index in [4.69, 9.17) is 4.74 Å². The summed E-state index contributed by atoms with van der Waals surface area (Å²) in [6.07, 6.45) is 7.53. The third kappa shape index (κ3) is 8.10. The number of hydrogen-bond acceptors (Lipinski definition) is 3. The molecule has 0 aliphatic heterocycles. The molecular formula is C17H32N2O2. The predicted molar refractivity (Wildman–Crippen MR) is 87.3 cm³/mol. The van der Waals surface area contributed by atoms with Gasteiger partial charge in [0.1, 0.15) is 5.60 Å². The molecule has 21 heavy (non-hydrogen) atoms. The first kappa shape index (κ1) is 18.0. The van der Waals surface area contributed by atoms with Crippen LogP contribution in [-0.2, 0) is 4.74 Å². The van der Waals surface area contributed by atoms with E-state index in [1.807, 2.05) is 26.8 Å². The minimum absolute atomic E-state index is 0.366. The fraction of sp³-hybridized carbons (Fsp3) is 0.824. The molecule has 0 saturated heterocycles. The molecule has 2 N–H and O–H groups in total. The van der Waals surface area contributed by atoms with Crippen molar-refractivity contribution in [3.8, 4) is 0 Å². The maximum atomic E-state index is 11.4. The Bertz CT molecular complexity index is 347. The van der Waals surface area contributed by atoms with E-state index < -0.39 is 5.60 Å². The average molecular weight is 296 g/mol. The summed E-state index contributed by atoms with van der Waals surface area (Å²) >= 11 is 0. The van der Waals surface area contributed by atoms with Crippen LogP contribution in [0.5, 0.6) is 0 Å². The van der Waals surface area contributed by atoms with Crippen molar-refractivity contribution in [3.63, 3.8) is 0 Å². The lowest BCUT2D eigenvalue weighted by molar-refractivity contribution is 0.0534. The summed E-state index contributed by atoms with van der Waals surface area (Å²) in [5, 5.41) is 6.28. The molecule has 0 aromatic heterocycles. The highest BCUT2D eigenvalue weighted by atomic mass is 16.6. The van der Waals surface area contributed by atoms with Crippen LogP contribution in [0.15, 0.2) is 12.2 Å². The van der Waals surface area contributed by atoms with Crippen molar-refractivity contribution in [1.29, 1.82) is 0 Å². The molecule has 0 spiro atoms. The lowest BCUT2D eigenvalue weighted by atomic mass is 9.79. The van der Waals surface area contributed by atoms with Gasteiger partial charge in [-0.3, -0.25) is 0 Å². The topological polar surface area (TPSA) is 50.4 Å². The molecule has 1 aliphatic carbocycles. The van der Waals surface area contributed by atoms with Gasteiger partial charge in [-0.2, -0.15) is 0 Å². The van der Waals surface area contributed by atoms with Gasteiger partial charge in [-0.15, -0.1) is 0 Å². The standard InChI is InChI=1S/C17H32N2O2/c1-13-8-9-15(12-14(13)2)18-10-6-7-11-19-16(20)21-17(3,4)5/h6-7,13-15,18H,8-12H2,1-5H3,(H,19,20)/b7-6+. The number of nitrogens with one attached hydrogen (secondary N) is 2. The minimum atomic E-state index is -0.440. The second-order valence-electron chi connectivity index (χ2n) is 7.23. The van der Waals surface area contributed by atoms with Crippen molar-refractivity contribution in [2.24, 2.45) is 11.8 Å². The molecule has 3 atom stereocenters. The van der Waals surface area contributed by atoms with Gasteiger partial charge >= 0.3 is 6.09 Å². The van der Waals surface area contributed by atoms with Crippen molar-refractivity contribution >= 4 is 6.09 Å². The van der Waals surface area contributed by atoms with Crippen LogP contribution >= 0.6 is 0 Å². The zero-order chi connectivity index (χ0) is 15.9. The number of rotatable bonds is 5. The van der Waals surface area contributed by atoms with E-state index in [2.05, 4.69) is 30.6 Å². The first-order valence-electron chi connectivity index (χ1n) is 8.13. The summed E-state index contributed by atoms with van der Waals surface area (Å²) in [5.74, 6) is 1.67. The second kappa shape index (κ2) is 8.42. The van der Waals surface area contributed by atoms with E-state index in [1.165, 1.54) is 19.3 Å². The number of carbonyl (C=O) groups is 1. The molecule has 0 aromatic rings. The maximum absolute atomic E-state index is 11.4. The van der Waals surface area contributed by atoms with E-state index in [9.17, 15) is 4.79 Å². The lowest BCUT2D eigenvalue weighted by Gasteiger charge is -2.32. The summed E-state index contributed by atoms with van der Waals surface area (Å²) in [6.45, 7) is 11.6. The molecule has 122 valence electrons. The van der Waals surface area contributed by atoms with Gasteiger partial charge in [-0.1, -0.05) is 26.0 Å². The van der Waals surface area contributed by atoms with E-state index in [1.54, 1.807) is 0 Å². The van der Waals surface area contributed by atoms with Gasteiger partial charge in [0.15, 0.2) is 0 Å². The Hall–Kier alpha value is -1.03. The van der Waals surface area contributed by atoms with Gasteiger partial charge in [0.25, 0.3) is 0 Å². The highest BCUT2D eigenvalue weighted by molar-refractivity contribution is 5.67. The zero-order valence-corrected chi connectivity index (χ0v) is 14.2. The van der Waals surface area contributed by atoms with Gasteiger partial charge in [-0.25, -0.2) is 4.79 Å². The van der Waals surface area contributed by atoms with E-state index in [-0.39, 0.29) is 6.09 Å². The first-order chi connectivity index (χ1) is 9.78. The summed E-state index contributed by atoms with van der Waals surface area (Å²) in [4.78, 5) is 11.4. The number of hydrogen-bond donors (Lipinski definition) is 2. The average Bonchev–Trinajstić information content (AvgIpc) is 2.35. The van der Waals surface area contributed by atoms with Crippen LogP contribution < -0.4 is 10.6 Å². The molecule has 3 unspecified atom stereocenters. The molecule has 0 aromatic carbocycles. The van der Waals surface area contributed by atoms with Gasteiger partial charge in [-0.05, 0) is 51.9 Å². The summed E-state index contributed by atoms with van der Waals surface area (Å²) in [5.41, 5.74) is -0.440. The van der Waals surface area contributed by atoms with Gasteiger partial charge in [0, 0.05) is 19.1 Å². The van der Waals surface area contributed by atoms with Crippen molar-refractivity contribution in [2.45, 2.75) is 65.5 Å². The summed E-state index contributed by atoms with van der Waals surface area (Å²) in [7, 11) is 0. The van der Waals surface area contributed by atoms with Gasteiger partial charge < -0.3 is 15.4 Å². The first-order valence-corrected chi connectivity index (χ1v) is 8.13. The third-order valence-electron chi connectivity index (χ3n) is 4.05. The van der Waals surface area contributed by atoms with Crippen LogP contribution in [0.2, 0.25) is 0 Å². The summed E-state index contributed by atoms with van der Waals surface area (Å²) < 4.78 is 5.16. The Kier molecular flexibility index (Phi) is 7.23. The molecular weight excluding hydrogens is 264 g/mol. The van der Waals surface area contributed by atoms with Crippen LogP contribution in [0.25, 0.3) is 0 Å². The van der Waals surface area contributed by atoms with E-state index in [0.717, 1.165) is 18.4 Å². The molecule has 0 radical (unpaired) electrons.